The fraction of sp³-hybridized carbons (Fsp3) is 0.364. The molecular formula is C22H20ClF3N2O3. The van der Waals surface area contributed by atoms with E-state index in [2.05, 4.69) is 10.6 Å². The van der Waals surface area contributed by atoms with Gasteiger partial charge in [0.15, 0.2) is 6.61 Å². The van der Waals surface area contributed by atoms with Crippen LogP contribution in [0.4, 0.5) is 13.2 Å². The van der Waals surface area contributed by atoms with Gasteiger partial charge in [-0.1, -0.05) is 11.6 Å². The largest absolute Gasteiger partial charge is 0.484 e. The molecule has 2 saturated carbocycles. The lowest BCUT2D eigenvalue weighted by Crippen LogP contribution is -2.44. The number of hydrogen-bond acceptors (Lipinski definition) is 3. The summed E-state index contributed by atoms with van der Waals surface area (Å²) in [6.07, 6.45) is 2.33. The number of carbonyl (C=O) groups excluding carboxylic acids is 2. The molecule has 3 unspecified atom stereocenters. The Balaban J connectivity index is 1.31. The molecule has 9 heteroatoms. The van der Waals surface area contributed by atoms with Crippen molar-refractivity contribution < 1.29 is 27.5 Å². The van der Waals surface area contributed by atoms with E-state index < -0.39 is 23.4 Å². The van der Waals surface area contributed by atoms with Gasteiger partial charge in [-0.25, -0.2) is 13.2 Å². The van der Waals surface area contributed by atoms with Gasteiger partial charge in [0, 0.05) is 29.8 Å². The summed E-state index contributed by atoms with van der Waals surface area (Å²) in [6.45, 7) is -0.283. The van der Waals surface area contributed by atoms with Crippen LogP contribution >= 0.6 is 11.6 Å². The number of amides is 2. The second-order valence-electron chi connectivity index (χ2n) is 7.92. The van der Waals surface area contributed by atoms with Crippen molar-refractivity contribution in [2.45, 2.75) is 31.3 Å². The number of benzene rings is 2. The van der Waals surface area contributed by atoms with Crippen LogP contribution in [0, 0.1) is 29.3 Å². The summed E-state index contributed by atoms with van der Waals surface area (Å²) >= 11 is 5.62. The van der Waals surface area contributed by atoms with Crippen LogP contribution in [0.1, 0.15) is 29.6 Å². The molecule has 164 valence electrons. The van der Waals surface area contributed by atoms with Crippen LogP contribution in [-0.2, 0) is 4.79 Å². The van der Waals surface area contributed by atoms with Crippen LogP contribution in [0.3, 0.4) is 0 Å². The number of carbonyl (C=O) groups is 2. The molecule has 2 aliphatic carbocycles. The van der Waals surface area contributed by atoms with Gasteiger partial charge in [0.25, 0.3) is 11.8 Å². The van der Waals surface area contributed by atoms with Crippen molar-refractivity contribution in [3.8, 4) is 5.75 Å². The number of rotatable bonds is 6. The maximum atomic E-state index is 13.5. The normalized spacial score (nSPS) is 24.1. The zero-order valence-electron chi connectivity index (χ0n) is 16.3. The Hall–Kier alpha value is -2.74. The lowest BCUT2D eigenvalue weighted by molar-refractivity contribution is -0.124. The van der Waals surface area contributed by atoms with E-state index in [1.54, 1.807) is 0 Å². The number of fused-ring (bicyclic) bond motifs is 1. The van der Waals surface area contributed by atoms with Gasteiger partial charge in [-0.2, -0.15) is 0 Å². The van der Waals surface area contributed by atoms with Crippen molar-refractivity contribution in [2.75, 3.05) is 6.61 Å². The summed E-state index contributed by atoms with van der Waals surface area (Å²) < 4.78 is 45.5. The van der Waals surface area contributed by atoms with Crippen molar-refractivity contribution in [2.24, 2.45) is 11.8 Å². The summed E-state index contributed by atoms with van der Waals surface area (Å²) in [5, 5.41) is 5.72. The molecule has 2 amide bonds. The van der Waals surface area contributed by atoms with Gasteiger partial charge in [-0.3, -0.25) is 9.59 Å². The van der Waals surface area contributed by atoms with Gasteiger partial charge in [0.05, 0.1) is 5.02 Å². The van der Waals surface area contributed by atoms with Crippen LogP contribution in [0.2, 0.25) is 5.02 Å². The van der Waals surface area contributed by atoms with E-state index in [0.29, 0.717) is 12.5 Å². The Kier molecular flexibility index (Phi) is 6.09. The van der Waals surface area contributed by atoms with Crippen molar-refractivity contribution in [1.29, 1.82) is 0 Å². The van der Waals surface area contributed by atoms with Crippen molar-refractivity contribution in [1.82, 2.24) is 10.6 Å². The highest BCUT2D eigenvalue weighted by atomic mass is 35.5. The standard InChI is InChI=1S/C22H20ClF3N2O3/c23-17-4-1-14(8-18(17)26)31-10-21(29)27-19-9-20(16-3-2-15(16)19)28-22(30)11-5-12(24)7-13(25)6-11/h1,4-8,15-16,19-20H,2-3,9-10H2,(H,27,29)(H,28,30)/t15?,16?,19-,20?/m0/s1. The Morgan fingerprint density at radius 2 is 1.61 bits per heavy atom. The van der Waals surface area contributed by atoms with Crippen LogP contribution in [0.15, 0.2) is 36.4 Å². The number of halogens is 4. The monoisotopic (exact) mass is 452 g/mol. The molecule has 4 atom stereocenters. The predicted octanol–water partition coefficient (Wildman–Crippen LogP) is 3.85. The molecule has 2 fully saturated rings. The smallest absolute Gasteiger partial charge is 0.258 e. The lowest BCUT2D eigenvalue weighted by atomic mass is 9.73. The lowest BCUT2D eigenvalue weighted by Gasteiger charge is -2.36. The Morgan fingerprint density at radius 1 is 0.968 bits per heavy atom. The predicted molar refractivity (Wildman–Crippen MR) is 107 cm³/mol. The molecule has 0 aliphatic heterocycles. The average Bonchev–Trinajstić information content (AvgIpc) is 2.89. The quantitative estimate of drug-likeness (QED) is 0.699. The van der Waals surface area contributed by atoms with Crippen LogP contribution in [0.5, 0.6) is 5.75 Å². The van der Waals surface area contributed by atoms with E-state index >= 15 is 0 Å². The van der Waals surface area contributed by atoms with Crippen molar-refractivity contribution >= 4 is 23.4 Å². The zero-order chi connectivity index (χ0) is 22.1. The average molecular weight is 453 g/mol. The SMILES string of the molecule is O=C(COc1ccc(Cl)c(F)c1)N[C@H]1CC(NC(=O)c2cc(F)cc(F)c2)C2CCC21. The molecule has 0 saturated heterocycles. The van der Waals surface area contributed by atoms with Gasteiger partial charge >= 0.3 is 0 Å². The van der Waals surface area contributed by atoms with Gasteiger partial charge in [-0.15, -0.1) is 0 Å². The highest BCUT2D eigenvalue weighted by Gasteiger charge is 2.49. The van der Waals surface area contributed by atoms with Gasteiger partial charge in [0.1, 0.15) is 23.2 Å². The maximum absolute atomic E-state index is 13.5. The summed E-state index contributed by atoms with van der Waals surface area (Å²) in [4.78, 5) is 24.7. The van der Waals surface area contributed by atoms with Crippen LogP contribution in [0.25, 0.3) is 0 Å². The minimum atomic E-state index is -0.816. The zero-order valence-corrected chi connectivity index (χ0v) is 17.1. The second-order valence-corrected chi connectivity index (χ2v) is 8.32. The highest BCUT2D eigenvalue weighted by Crippen LogP contribution is 2.47. The summed E-state index contributed by atoms with van der Waals surface area (Å²) in [6, 6.07) is 6.26. The molecule has 2 aliphatic rings. The number of hydrogen-bond donors (Lipinski definition) is 2. The molecule has 2 aromatic carbocycles. The fourth-order valence-corrected chi connectivity index (χ4v) is 4.52. The number of nitrogens with one attached hydrogen (secondary N) is 2. The maximum Gasteiger partial charge on any atom is 0.258 e. The molecule has 2 aromatic rings. The fourth-order valence-electron chi connectivity index (χ4n) is 4.41. The Morgan fingerprint density at radius 3 is 2.23 bits per heavy atom. The van der Waals surface area contributed by atoms with Gasteiger partial charge in [0.2, 0.25) is 0 Å². The van der Waals surface area contributed by atoms with E-state index in [-0.39, 0.29) is 52.8 Å². The van der Waals surface area contributed by atoms with Gasteiger partial charge in [-0.05, 0) is 55.4 Å². The first-order valence-electron chi connectivity index (χ1n) is 9.94. The van der Waals surface area contributed by atoms with Crippen molar-refractivity contribution in [3.05, 3.63) is 64.4 Å². The van der Waals surface area contributed by atoms with Crippen molar-refractivity contribution in [3.63, 3.8) is 0 Å². The third kappa shape index (κ3) is 4.79. The molecule has 4 rings (SSSR count). The summed E-state index contributed by atoms with van der Waals surface area (Å²) in [5.41, 5.74) is -0.0792. The second kappa shape index (κ2) is 8.78. The minimum absolute atomic E-state index is 0.0344. The first kappa shape index (κ1) is 21.5. The molecule has 0 spiro atoms. The molecular weight excluding hydrogens is 433 g/mol. The summed E-state index contributed by atoms with van der Waals surface area (Å²) in [7, 11) is 0. The summed E-state index contributed by atoms with van der Waals surface area (Å²) in [5.74, 6) is -2.57. The molecule has 0 bridgehead atoms. The van der Waals surface area contributed by atoms with E-state index in [1.165, 1.54) is 12.1 Å². The Bertz CT molecular complexity index is 999. The third-order valence-corrected chi connectivity index (χ3v) is 6.28. The van der Waals surface area contributed by atoms with E-state index in [9.17, 15) is 22.8 Å². The van der Waals surface area contributed by atoms with Crippen LogP contribution in [-0.4, -0.2) is 30.5 Å². The van der Waals surface area contributed by atoms with Gasteiger partial charge < -0.3 is 15.4 Å². The molecule has 0 radical (unpaired) electrons. The minimum Gasteiger partial charge on any atom is -0.484 e. The third-order valence-electron chi connectivity index (χ3n) is 5.97. The molecule has 31 heavy (non-hydrogen) atoms. The molecule has 0 heterocycles. The van der Waals surface area contributed by atoms with E-state index in [4.69, 9.17) is 16.3 Å². The van der Waals surface area contributed by atoms with E-state index in [0.717, 1.165) is 31.0 Å². The molecule has 2 N–H and O–H groups in total. The Labute approximate surface area is 181 Å². The van der Waals surface area contributed by atoms with E-state index in [1.807, 2.05) is 0 Å². The molecule has 5 nitrogen and oxygen atoms in total. The number of ether oxygens (including phenoxy) is 1. The highest BCUT2D eigenvalue weighted by molar-refractivity contribution is 6.30. The first-order chi connectivity index (χ1) is 14.8. The molecule has 0 aromatic heterocycles. The van der Waals surface area contributed by atoms with Crippen LogP contribution < -0.4 is 15.4 Å². The first-order valence-corrected chi connectivity index (χ1v) is 10.3. The topological polar surface area (TPSA) is 67.4 Å².